The van der Waals surface area contributed by atoms with Crippen LogP contribution < -0.4 is 5.43 Å². The molecule has 104 valence electrons. The van der Waals surface area contributed by atoms with Crippen molar-refractivity contribution >= 4 is 17.6 Å². The molecule has 0 fully saturated rings. The van der Waals surface area contributed by atoms with E-state index in [-0.39, 0.29) is 16.3 Å². The van der Waals surface area contributed by atoms with Gasteiger partial charge in [0.2, 0.25) is 11.1 Å². The molecule has 0 aliphatic heterocycles. The molecule has 2 aromatic rings. The number of carboxylic acid groups (broad SMARTS) is 1. The van der Waals surface area contributed by atoms with Crippen LogP contribution in [0.5, 0.6) is 0 Å². The zero-order chi connectivity index (χ0) is 14.9. The molecule has 0 bridgehead atoms. The fourth-order valence-electron chi connectivity index (χ4n) is 1.72. The summed E-state index contributed by atoms with van der Waals surface area (Å²) in [5.41, 5.74) is -0.838. The van der Waals surface area contributed by atoms with Gasteiger partial charge in [0.1, 0.15) is 5.82 Å². The summed E-state index contributed by atoms with van der Waals surface area (Å²) in [6.07, 6.45) is 1.68. The summed E-state index contributed by atoms with van der Waals surface area (Å²) in [5, 5.41) is 12.9. The first-order valence-corrected chi connectivity index (χ1v) is 6.13. The third kappa shape index (κ3) is 2.55. The molecule has 0 radical (unpaired) electrons. The van der Waals surface area contributed by atoms with Crippen molar-refractivity contribution in [2.75, 3.05) is 0 Å². The zero-order valence-corrected chi connectivity index (χ0v) is 11.2. The van der Waals surface area contributed by atoms with Crippen LogP contribution >= 0.6 is 11.6 Å². The molecule has 1 heterocycles. The molecular formula is C13H10ClFN2O3. The van der Waals surface area contributed by atoms with E-state index in [0.29, 0.717) is 6.42 Å². The predicted octanol–water partition coefficient (Wildman–Crippen LogP) is 2.29. The number of nitrogens with zero attached hydrogens (tertiary/aromatic N) is 2. The summed E-state index contributed by atoms with van der Waals surface area (Å²) in [5.74, 6) is -1.98. The van der Waals surface area contributed by atoms with E-state index >= 15 is 0 Å². The van der Waals surface area contributed by atoms with Gasteiger partial charge in [0.25, 0.3) is 0 Å². The Morgan fingerprint density at radius 3 is 2.80 bits per heavy atom. The van der Waals surface area contributed by atoms with Crippen LogP contribution in [0.3, 0.4) is 0 Å². The Bertz CT molecular complexity index is 743. The second-order valence-corrected chi connectivity index (χ2v) is 4.44. The van der Waals surface area contributed by atoms with Crippen LogP contribution in [0.25, 0.3) is 5.69 Å². The van der Waals surface area contributed by atoms with Crippen molar-refractivity contribution in [3.8, 4) is 5.69 Å². The number of carboxylic acids is 1. The van der Waals surface area contributed by atoms with Gasteiger partial charge in [0, 0.05) is 17.8 Å². The fourth-order valence-corrected chi connectivity index (χ4v) is 1.92. The molecule has 0 unspecified atom stereocenters. The maximum atomic E-state index is 13.3. The molecule has 0 amide bonds. The van der Waals surface area contributed by atoms with Gasteiger partial charge in [-0.05, 0) is 18.6 Å². The number of aromatic nitrogens is 2. The lowest BCUT2D eigenvalue weighted by molar-refractivity contribution is 0.0686. The Hall–Kier alpha value is -2.21. The van der Waals surface area contributed by atoms with Crippen LogP contribution in [0.1, 0.15) is 23.0 Å². The number of hydrogen-bond acceptors (Lipinski definition) is 3. The topological polar surface area (TPSA) is 72.2 Å². The highest BCUT2D eigenvalue weighted by Crippen LogP contribution is 2.20. The Morgan fingerprint density at radius 2 is 2.20 bits per heavy atom. The molecule has 2 rings (SSSR count). The highest BCUT2D eigenvalue weighted by molar-refractivity contribution is 6.32. The number of carbonyl (C=O) groups is 1. The molecule has 20 heavy (non-hydrogen) atoms. The molecule has 0 saturated carbocycles. The third-order valence-electron chi connectivity index (χ3n) is 2.73. The van der Waals surface area contributed by atoms with Crippen LogP contribution in [-0.2, 0) is 6.42 Å². The third-order valence-corrected chi connectivity index (χ3v) is 3.05. The highest BCUT2D eigenvalue weighted by atomic mass is 35.5. The summed E-state index contributed by atoms with van der Waals surface area (Å²) in [4.78, 5) is 22.9. The summed E-state index contributed by atoms with van der Waals surface area (Å²) >= 11 is 5.94. The average Bonchev–Trinajstić information content (AvgIpc) is 2.41. The van der Waals surface area contributed by atoms with Crippen molar-refractivity contribution < 1.29 is 14.3 Å². The van der Waals surface area contributed by atoms with Crippen molar-refractivity contribution in [1.29, 1.82) is 0 Å². The lowest BCUT2D eigenvalue weighted by Crippen LogP contribution is -2.24. The second kappa shape index (κ2) is 5.42. The van der Waals surface area contributed by atoms with Gasteiger partial charge in [-0.2, -0.15) is 5.10 Å². The van der Waals surface area contributed by atoms with Crippen LogP contribution in [0.15, 0.2) is 29.2 Å². The largest absolute Gasteiger partial charge is 0.476 e. The molecule has 5 nitrogen and oxygen atoms in total. The van der Waals surface area contributed by atoms with Gasteiger partial charge >= 0.3 is 5.97 Å². The Balaban J connectivity index is 2.75. The minimum absolute atomic E-state index is 0.170. The van der Waals surface area contributed by atoms with Gasteiger partial charge in [0.15, 0.2) is 0 Å². The van der Waals surface area contributed by atoms with Gasteiger partial charge in [-0.3, -0.25) is 4.79 Å². The van der Waals surface area contributed by atoms with Crippen molar-refractivity contribution in [3.05, 3.63) is 56.7 Å². The summed E-state index contributed by atoms with van der Waals surface area (Å²) < 4.78 is 14.4. The predicted molar refractivity (Wildman–Crippen MR) is 71.1 cm³/mol. The van der Waals surface area contributed by atoms with Crippen molar-refractivity contribution in [3.63, 3.8) is 0 Å². The quantitative estimate of drug-likeness (QED) is 0.943. The van der Waals surface area contributed by atoms with Gasteiger partial charge in [-0.1, -0.05) is 18.5 Å². The van der Waals surface area contributed by atoms with Gasteiger partial charge < -0.3 is 5.11 Å². The highest BCUT2D eigenvalue weighted by Gasteiger charge is 2.16. The summed E-state index contributed by atoms with van der Waals surface area (Å²) in [7, 11) is 0. The molecule has 7 heteroatoms. The molecule has 0 saturated heterocycles. The molecule has 1 N–H and O–H groups in total. The number of aryl methyl sites for hydroxylation is 1. The normalized spacial score (nSPS) is 10.6. The first-order valence-electron chi connectivity index (χ1n) is 5.75. The Labute approximate surface area is 118 Å². The van der Waals surface area contributed by atoms with Crippen molar-refractivity contribution in [1.82, 2.24) is 9.78 Å². The zero-order valence-electron chi connectivity index (χ0n) is 10.4. The van der Waals surface area contributed by atoms with E-state index in [1.54, 1.807) is 6.92 Å². The lowest BCUT2D eigenvalue weighted by atomic mass is 10.2. The molecule has 0 aliphatic rings. The molecule has 1 aromatic heterocycles. The van der Waals surface area contributed by atoms with Gasteiger partial charge in [-0.25, -0.2) is 13.9 Å². The number of halogens is 2. The van der Waals surface area contributed by atoms with E-state index in [1.807, 2.05) is 0 Å². The van der Waals surface area contributed by atoms with Crippen molar-refractivity contribution in [2.45, 2.75) is 13.3 Å². The van der Waals surface area contributed by atoms with Crippen LogP contribution in [0, 0.1) is 5.82 Å². The number of rotatable bonds is 3. The van der Waals surface area contributed by atoms with E-state index < -0.39 is 22.9 Å². The molecular weight excluding hydrogens is 287 g/mol. The van der Waals surface area contributed by atoms with Gasteiger partial charge in [-0.15, -0.1) is 0 Å². The average molecular weight is 297 g/mol. The monoisotopic (exact) mass is 296 g/mol. The smallest absolute Gasteiger partial charge is 0.360 e. The van der Waals surface area contributed by atoms with Crippen molar-refractivity contribution in [2.24, 2.45) is 0 Å². The van der Waals surface area contributed by atoms with E-state index in [9.17, 15) is 14.0 Å². The van der Waals surface area contributed by atoms with E-state index in [4.69, 9.17) is 16.7 Å². The number of aromatic carboxylic acids is 1. The fraction of sp³-hybridized carbons (Fsp3) is 0.154. The first kappa shape index (κ1) is 14.2. The molecule has 0 aliphatic carbocycles. The molecule has 0 atom stereocenters. The Morgan fingerprint density at radius 1 is 1.50 bits per heavy atom. The lowest BCUT2D eigenvalue weighted by Gasteiger charge is -2.10. The van der Waals surface area contributed by atoms with Crippen LogP contribution in [0.4, 0.5) is 4.39 Å². The maximum absolute atomic E-state index is 13.3. The van der Waals surface area contributed by atoms with E-state index in [0.717, 1.165) is 10.7 Å². The number of benzene rings is 1. The minimum atomic E-state index is -1.44. The molecule has 0 spiro atoms. The number of hydrogen-bond donors (Lipinski definition) is 1. The minimum Gasteiger partial charge on any atom is -0.476 e. The standard InChI is InChI=1S/C13H10ClFN2O3/c1-2-7-6-17(16-11(12(7)18)13(19)20)10-5-8(15)3-4-9(10)14/h3-6H,2H2,1H3,(H,19,20). The first-order chi connectivity index (χ1) is 9.43. The SMILES string of the molecule is CCc1cn(-c2cc(F)ccc2Cl)nc(C(=O)O)c1=O. The van der Waals surface area contributed by atoms with Crippen LogP contribution in [-0.4, -0.2) is 20.9 Å². The Kier molecular flexibility index (Phi) is 3.85. The summed E-state index contributed by atoms with van der Waals surface area (Å²) in [6, 6.07) is 3.62. The second-order valence-electron chi connectivity index (χ2n) is 4.03. The van der Waals surface area contributed by atoms with E-state index in [1.165, 1.54) is 18.3 Å². The maximum Gasteiger partial charge on any atom is 0.360 e. The summed E-state index contributed by atoms with van der Waals surface area (Å²) in [6.45, 7) is 1.71. The molecule has 1 aromatic carbocycles. The van der Waals surface area contributed by atoms with E-state index in [2.05, 4.69) is 5.10 Å². The van der Waals surface area contributed by atoms with Crippen LogP contribution in [0.2, 0.25) is 5.02 Å². The van der Waals surface area contributed by atoms with Gasteiger partial charge in [0.05, 0.1) is 10.7 Å².